The third-order valence-corrected chi connectivity index (χ3v) is 7.38. The molecule has 0 spiro atoms. The maximum Gasteiger partial charge on any atom is 0.275 e. The molecule has 5 aliphatic rings. The number of rotatable bonds is 2. The van der Waals surface area contributed by atoms with E-state index in [-0.39, 0.29) is 0 Å². The predicted molar refractivity (Wildman–Crippen MR) is 88.8 cm³/mol. The highest BCUT2D eigenvalue weighted by molar-refractivity contribution is 5.96. The summed E-state index contributed by atoms with van der Waals surface area (Å²) >= 11 is 0. The van der Waals surface area contributed by atoms with Crippen molar-refractivity contribution in [1.82, 2.24) is 0 Å². The summed E-state index contributed by atoms with van der Waals surface area (Å²) in [4.78, 5) is 0. The molecule has 0 unspecified atom stereocenters. The van der Waals surface area contributed by atoms with Crippen molar-refractivity contribution in [3.8, 4) is 0 Å². The predicted octanol–water partition coefficient (Wildman–Crippen LogP) is 3.52. The molecule has 2 heteroatoms. The monoisotopic (exact) mass is 295 g/mol. The van der Waals surface area contributed by atoms with Gasteiger partial charge in [0.15, 0.2) is 0 Å². The maximum absolute atomic E-state index is 6.55. The van der Waals surface area contributed by atoms with E-state index in [1.54, 1.807) is 0 Å². The Bertz CT molecular complexity index is 622. The second kappa shape index (κ2) is 4.37. The summed E-state index contributed by atoms with van der Waals surface area (Å²) in [7, 11) is 0. The number of hydrogen-bond acceptors (Lipinski definition) is 1. The van der Waals surface area contributed by atoms with Crippen LogP contribution in [0.5, 0.6) is 0 Å². The lowest BCUT2D eigenvalue weighted by Crippen LogP contribution is -2.54. The van der Waals surface area contributed by atoms with Gasteiger partial charge < -0.3 is 0 Å². The van der Waals surface area contributed by atoms with Crippen molar-refractivity contribution in [2.75, 3.05) is 0 Å². The van der Waals surface area contributed by atoms with Crippen LogP contribution in [-0.4, -0.2) is 16.5 Å². The number of amidine groups is 1. The van der Waals surface area contributed by atoms with E-state index < -0.39 is 0 Å². The molecule has 2 N–H and O–H groups in total. The van der Waals surface area contributed by atoms with E-state index in [0.29, 0.717) is 11.5 Å². The highest BCUT2D eigenvalue weighted by Crippen LogP contribution is 2.61. The van der Waals surface area contributed by atoms with Crippen LogP contribution in [-0.2, 0) is 6.54 Å². The van der Waals surface area contributed by atoms with Crippen LogP contribution < -0.4 is 5.73 Å². The molecule has 1 aromatic rings. The maximum atomic E-state index is 6.55. The zero-order valence-electron chi connectivity index (χ0n) is 13.6. The number of hydrogen-bond donors (Lipinski definition) is 1. The van der Waals surface area contributed by atoms with E-state index in [1.165, 1.54) is 49.7 Å². The van der Waals surface area contributed by atoms with Crippen molar-refractivity contribution in [3.63, 3.8) is 0 Å². The molecule has 2 nitrogen and oxygen atoms in total. The Morgan fingerprint density at radius 1 is 1.05 bits per heavy atom. The average Bonchev–Trinajstić information content (AvgIpc) is 2.83. The summed E-state index contributed by atoms with van der Waals surface area (Å²) in [6.07, 6.45) is 8.93. The van der Waals surface area contributed by atoms with E-state index in [4.69, 9.17) is 5.73 Å². The van der Waals surface area contributed by atoms with E-state index in [2.05, 4.69) is 35.8 Å². The van der Waals surface area contributed by atoms with Gasteiger partial charge in [-0.2, -0.15) is 0 Å². The largest absolute Gasteiger partial charge is 0.287 e. The summed E-state index contributed by atoms with van der Waals surface area (Å²) in [6, 6.07) is 9.29. The Kier molecular flexibility index (Phi) is 2.61. The first-order chi connectivity index (χ1) is 10.6. The van der Waals surface area contributed by atoms with Gasteiger partial charge in [0.1, 0.15) is 6.54 Å². The minimum Gasteiger partial charge on any atom is -0.287 e. The minimum atomic E-state index is 0.543. The first kappa shape index (κ1) is 13.2. The van der Waals surface area contributed by atoms with Crippen LogP contribution in [0.1, 0.15) is 56.6 Å². The number of benzene rings is 1. The van der Waals surface area contributed by atoms with Crippen LogP contribution in [0.2, 0.25) is 0 Å². The third-order valence-electron chi connectivity index (χ3n) is 7.38. The van der Waals surface area contributed by atoms with Crippen LogP contribution in [0.3, 0.4) is 0 Å². The zero-order valence-corrected chi connectivity index (χ0v) is 13.6. The molecule has 116 valence electrons. The summed E-state index contributed by atoms with van der Waals surface area (Å²) in [5, 5.41) is 0. The lowest BCUT2D eigenvalue weighted by molar-refractivity contribution is -0.595. The number of nitrogens with zero attached hydrogens (tertiary/aromatic N) is 1. The van der Waals surface area contributed by atoms with Gasteiger partial charge in [0, 0.05) is 11.0 Å². The van der Waals surface area contributed by atoms with Crippen LogP contribution in [0.4, 0.5) is 0 Å². The topological polar surface area (TPSA) is 29.0 Å². The van der Waals surface area contributed by atoms with E-state index in [0.717, 1.165) is 30.1 Å². The smallest absolute Gasteiger partial charge is 0.275 e. The van der Waals surface area contributed by atoms with Crippen molar-refractivity contribution < 1.29 is 4.58 Å². The second-order valence-corrected chi connectivity index (χ2v) is 8.63. The Morgan fingerprint density at radius 3 is 2.23 bits per heavy atom. The molecule has 0 amide bonds. The molecule has 4 aliphatic carbocycles. The highest BCUT2D eigenvalue weighted by atomic mass is 15.1. The molecule has 4 bridgehead atoms. The Hall–Kier alpha value is -1.31. The molecule has 4 fully saturated rings. The average molecular weight is 295 g/mol. The second-order valence-electron chi connectivity index (χ2n) is 8.63. The minimum absolute atomic E-state index is 0.543. The third kappa shape index (κ3) is 1.70. The van der Waals surface area contributed by atoms with Gasteiger partial charge in [-0.05, 0) is 69.3 Å². The van der Waals surface area contributed by atoms with Crippen molar-refractivity contribution in [3.05, 3.63) is 35.4 Å². The number of fused-ring (bicyclic) bond motifs is 1. The van der Waals surface area contributed by atoms with Crippen LogP contribution in [0.25, 0.3) is 0 Å². The van der Waals surface area contributed by atoms with Crippen molar-refractivity contribution in [2.45, 2.75) is 58.0 Å². The highest BCUT2D eigenvalue weighted by Gasteiger charge is 2.55. The van der Waals surface area contributed by atoms with Gasteiger partial charge in [-0.1, -0.05) is 18.2 Å². The van der Waals surface area contributed by atoms with Gasteiger partial charge in [0.2, 0.25) is 0 Å². The van der Waals surface area contributed by atoms with Crippen molar-refractivity contribution >= 4 is 5.84 Å². The fourth-order valence-corrected chi connectivity index (χ4v) is 6.70. The lowest BCUT2D eigenvalue weighted by Gasteiger charge is -2.58. The Balaban J connectivity index is 1.51. The summed E-state index contributed by atoms with van der Waals surface area (Å²) in [5.41, 5.74) is 9.79. The molecule has 22 heavy (non-hydrogen) atoms. The van der Waals surface area contributed by atoms with E-state index in [1.807, 2.05) is 0 Å². The van der Waals surface area contributed by atoms with Crippen molar-refractivity contribution in [1.29, 1.82) is 0 Å². The quantitative estimate of drug-likeness (QED) is 0.831. The molecule has 0 radical (unpaired) electrons. The molecule has 1 aromatic carbocycles. The van der Waals surface area contributed by atoms with E-state index in [9.17, 15) is 0 Å². The summed E-state index contributed by atoms with van der Waals surface area (Å²) in [5.74, 6) is 4.07. The van der Waals surface area contributed by atoms with Crippen molar-refractivity contribution in [2.24, 2.45) is 28.9 Å². The lowest BCUT2D eigenvalue weighted by atomic mass is 9.48. The Labute approximate surface area is 133 Å². The Morgan fingerprint density at radius 2 is 1.64 bits per heavy atom. The first-order valence-electron chi connectivity index (χ1n) is 9.12. The molecule has 4 saturated carbocycles. The molecule has 0 saturated heterocycles. The number of nitrogens with two attached hydrogens (primary N) is 1. The van der Waals surface area contributed by atoms with Gasteiger partial charge in [0.05, 0.1) is 11.6 Å². The fourth-order valence-electron chi connectivity index (χ4n) is 6.70. The molecule has 6 rings (SSSR count). The summed E-state index contributed by atoms with van der Waals surface area (Å²) < 4.78 is 2.53. The van der Waals surface area contributed by atoms with Gasteiger partial charge in [-0.3, -0.25) is 10.3 Å². The fraction of sp³-hybridized carbons (Fsp3) is 0.650. The van der Waals surface area contributed by atoms with Crippen LogP contribution >= 0.6 is 0 Å². The molecule has 0 aromatic heterocycles. The normalized spacial score (nSPS) is 40.1. The molecule has 1 aliphatic heterocycles. The van der Waals surface area contributed by atoms with E-state index >= 15 is 0 Å². The van der Waals surface area contributed by atoms with Crippen LogP contribution in [0, 0.1) is 23.2 Å². The molecule has 1 atom stereocenters. The molecular weight excluding hydrogens is 268 g/mol. The first-order valence-corrected chi connectivity index (χ1v) is 9.12. The molecule has 1 heterocycles. The standard InChI is InChI=1S/C20H26N2/c1-13(22-12-17-4-2-3-5-18(17)19(22)21)20-9-14-6-15(10-20)8-16(7-14)11-20/h2-5,13-16,21H,6-12H2,1H3/p+1/t13-,14?,15?,16?,20?/m1/s1. The van der Waals surface area contributed by atoms with Gasteiger partial charge in [0.25, 0.3) is 5.84 Å². The van der Waals surface area contributed by atoms with Crippen LogP contribution in [0.15, 0.2) is 24.3 Å². The summed E-state index contributed by atoms with van der Waals surface area (Å²) in [6.45, 7) is 3.48. The zero-order chi connectivity index (χ0) is 14.9. The molecular formula is C20H27N2+. The SMILES string of the molecule is C[C@@H]([N+]1=C(N)c2ccccc2C1)C12CC3CC(CC(C3)C1)C2. The van der Waals surface area contributed by atoms with Gasteiger partial charge in [-0.25, -0.2) is 0 Å². The van der Waals surface area contributed by atoms with Gasteiger partial charge in [-0.15, -0.1) is 0 Å². The van der Waals surface area contributed by atoms with Gasteiger partial charge >= 0.3 is 0 Å².